The van der Waals surface area contributed by atoms with E-state index in [0.717, 1.165) is 0 Å². The zero-order valence-corrected chi connectivity index (χ0v) is 22.3. The number of carbonyl (C=O) groups is 3. The third-order valence-electron chi connectivity index (χ3n) is 6.13. The van der Waals surface area contributed by atoms with Crippen LogP contribution in [0.4, 0.5) is 5.69 Å². The van der Waals surface area contributed by atoms with Crippen LogP contribution in [0.2, 0.25) is 0 Å². The average molecular weight is 542 g/mol. The minimum Gasteiger partial charge on any atom is -0.496 e. The lowest BCUT2D eigenvalue weighted by Crippen LogP contribution is -2.34. The molecule has 4 aromatic rings. The van der Waals surface area contributed by atoms with E-state index in [1.165, 1.54) is 11.8 Å². The molecule has 204 valence electrons. The Balaban J connectivity index is 1.48. The third kappa shape index (κ3) is 5.68. The normalized spacial score (nSPS) is 11.1. The standard InChI is InChI=1S/C29H27N5O6/c1-18(21-14-8-11-17-24(21)40-29(38)22-15-9-10-16-23(22)39-4)31-32-27(36)26(35)30-25-19(2)33(3)34(28(25)37)20-12-6-5-7-13-20/h5-17H,1-4H3,(H,30,35)(H,32,36)/b31-18+. The van der Waals surface area contributed by atoms with Crippen LogP contribution in [0.1, 0.15) is 28.5 Å². The first kappa shape index (κ1) is 27.6. The highest BCUT2D eigenvalue weighted by Crippen LogP contribution is 2.23. The van der Waals surface area contributed by atoms with Gasteiger partial charge in [-0.05, 0) is 50.2 Å². The van der Waals surface area contributed by atoms with E-state index >= 15 is 0 Å². The van der Waals surface area contributed by atoms with Gasteiger partial charge in [0.15, 0.2) is 0 Å². The first-order chi connectivity index (χ1) is 19.2. The number of nitrogens with one attached hydrogen (secondary N) is 2. The quantitative estimate of drug-likeness (QED) is 0.121. The minimum atomic E-state index is -1.09. The zero-order valence-electron chi connectivity index (χ0n) is 22.3. The molecule has 0 bridgehead atoms. The lowest BCUT2D eigenvalue weighted by Gasteiger charge is -2.11. The van der Waals surface area contributed by atoms with E-state index in [4.69, 9.17) is 9.47 Å². The second-order valence-corrected chi connectivity index (χ2v) is 8.61. The van der Waals surface area contributed by atoms with Crippen LogP contribution in [-0.4, -0.2) is 40.0 Å². The number of esters is 1. The zero-order chi connectivity index (χ0) is 28.8. The average Bonchev–Trinajstić information content (AvgIpc) is 3.18. The fourth-order valence-electron chi connectivity index (χ4n) is 3.95. The molecule has 0 fully saturated rings. The maximum Gasteiger partial charge on any atom is 0.347 e. The van der Waals surface area contributed by atoms with Crippen molar-refractivity contribution in [3.05, 3.63) is 106 Å². The summed E-state index contributed by atoms with van der Waals surface area (Å²) in [7, 11) is 3.12. The molecule has 0 aliphatic heterocycles. The molecule has 0 unspecified atom stereocenters. The van der Waals surface area contributed by atoms with Crippen LogP contribution in [0.5, 0.6) is 11.5 Å². The van der Waals surface area contributed by atoms with Crippen LogP contribution < -0.4 is 25.8 Å². The number of para-hydroxylation sites is 3. The number of hydrazone groups is 1. The molecule has 0 saturated carbocycles. The molecule has 0 saturated heterocycles. The fraction of sp³-hybridized carbons (Fsp3) is 0.138. The number of hydrogen-bond acceptors (Lipinski definition) is 7. The number of rotatable bonds is 7. The molecule has 1 aromatic heterocycles. The van der Waals surface area contributed by atoms with Crippen LogP contribution >= 0.6 is 0 Å². The number of nitrogens with zero attached hydrogens (tertiary/aromatic N) is 3. The number of carbonyl (C=O) groups excluding carboxylic acids is 3. The van der Waals surface area contributed by atoms with E-state index in [-0.39, 0.29) is 22.7 Å². The van der Waals surface area contributed by atoms with Crippen LogP contribution in [-0.2, 0) is 16.6 Å². The lowest BCUT2D eigenvalue weighted by molar-refractivity contribution is -0.136. The number of benzene rings is 3. The monoisotopic (exact) mass is 541 g/mol. The summed E-state index contributed by atoms with van der Waals surface area (Å²) in [4.78, 5) is 50.9. The van der Waals surface area contributed by atoms with Crippen molar-refractivity contribution in [2.24, 2.45) is 12.1 Å². The van der Waals surface area contributed by atoms with Gasteiger partial charge in [-0.1, -0.05) is 42.5 Å². The smallest absolute Gasteiger partial charge is 0.347 e. The van der Waals surface area contributed by atoms with E-state index in [1.807, 2.05) is 6.07 Å². The first-order valence-electron chi connectivity index (χ1n) is 12.2. The van der Waals surface area contributed by atoms with Crippen LogP contribution in [0, 0.1) is 6.92 Å². The molecular formula is C29H27N5O6. The van der Waals surface area contributed by atoms with Gasteiger partial charge in [0.05, 0.1) is 24.2 Å². The molecule has 11 heteroatoms. The van der Waals surface area contributed by atoms with Crippen molar-refractivity contribution < 1.29 is 23.9 Å². The number of ether oxygens (including phenoxy) is 2. The number of anilines is 1. The van der Waals surface area contributed by atoms with Gasteiger partial charge in [-0.2, -0.15) is 5.10 Å². The van der Waals surface area contributed by atoms with Gasteiger partial charge >= 0.3 is 17.8 Å². The third-order valence-corrected chi connectivity index (χ3v) is 6.13. The number of hydrogen-bond donors (Lipinski definition) is 2. The minimum absolute atomic E-state index is 0.0270. The molecule has 2 amide bonds. The van der Waals surface area contributed by atoms with Crippen molar-refractivity contribution in [2.45, 2.75) is 13.8 Å². The van der Waals surface area contributed by atoms with E-state index in [0.29, 0.717) is 22.7 Å². The van der Waals surface area contributed by atoms with Crippen molar-refractivity contribution in [1.29, 1.82) is 0 Å². The van der Waals surface area contributed by atoms with Gasteiger partial charge in [-0.25, -0.2) is 14.9 Å². The van der Waals surface area contributed by atoms with E-state index in [9.17, 15) is 19.2 Å². The maximum absolute atomic E-state index is 13.0. The molecule has 0 atom stereocenters. The Kier molecular flexibility index (Phi) is 8.24. The van der Waals surface area contributed by atoms with Crippen molar-refractivity contribution in [3.8, 4) is 17.2 Å². The van der Waals surface area contributed by atoms with Gasteiger partial charge in [0, 0.05) is 12.6 Å². The Morgan fingerprint density at radius 3 is 2.10 bits per heavy atom. The summed E-state index contributed by atoms with van der Waals surface area (Å²) in [5, 5.41) is 6.38. The number of methoxy groups -OCH3 is 1. The molecule has 40 heavy (non-hydrogen) atoms. The highest BCUT2D eigenvalue weighted by molar-refractivity contribution is 6.39. The lowest BCUT2D eigenvalue weighted by atomic mass is 10.1. The van der Waals surface area contributed by atoms with Gasteiger partial charge < -0.3 is 14.8 Å². The molecule has 0 aliphatic carbocycles. The molecule has 1 heterocycles. The molecule has 0 spiro atoms. The Labute approximate surface area is 229 Å². The molecule has 0 aliphatic rings. The summed E-state index contributed by atoms with van der Waals surface area (Å²) < 4.78 is 13.8. The molecule has 3 aromatic carbocycles. The topological polar surface area (TPSA) is 133 Å². The SMILES string of the molecule is COc1ccccc1C(=O)Oc1ccccc1/C(C)=N/NC(=O)C(=O)Nc1c(C)n(C)n(-c2ccccc2)c1=O. The Bertz CT molecular complexity index is 1670. The van der Waals surface area contributed by atoms with Gasteiger partial charge in [0.25, 0.3) is 5.56 Å². The van der Waals surface area contributed by atoms with Gasteiger partial charge in [-0.3, -0.25) is 19.1 Å². The summed E-state index contributed by atoms with van der Waals surface area (Å²) in [5.74, 6) is -2.24. The number of amides is 2. The molecule has 0 radical (unpaired) electrons. The fourth-order valence-corrected chi connectivity index (χ4v) is 3.95. The van der Waals surface area contributed by atoms with Crippen LogP contribution in [0.25, 0.3) is 5.69 Å². The summed E-state index contributed by atoms with van der Waals surface area (Å²) in [6.07, 6.45) is 0. The second kappa shape index (κ2) is 11.9. The summed E-state index contributed by atoms with van der Waals surface area (Å²) >= 11 is 0. The largest absolute Gasteiger partial charge is 0.496 e. The van der Waals surface area contributed by atoms with Gasteiger partial charge in [0.2, 0.25) is 0 Å². The van der Waals surface area contributed by atoms with E-state index < -0.39 is 23.3 Å². The van der Waals surface area contributed by atoms with Crippen LogP contribution in [0.15, 0.2) is 88.8 Å². The van der Waals surface area contributed by atoms with Gasteiger partial charge in [-0.15, -0.1) is 0 Å². The molecule has 2 N–H and O–H groups in total. The maximum atomic E-state index is 13.0. The summed E-state index contributed by atoms with van der Waals surface area (Å²) in [6.45, 7) is 3.23. The summed E-state index contributed by atoms with van der Waals surface area (Å²) in [6, 6.07) is 22.1. The van der Waals surface area contributed by atoms with Crippen molar-refractivity contribution in [2.75, 3.05) is 12.4 Å². The molecular weight excluding hydrogens is 514 g/mol. The van der Waals surface area contributed by atoms with Crippen molar-refractivity contribution in [1.82, 2.24) is 14.8 Å². The molecule has 11 nitrogen and oxygen atoms in total. The second-order valence-electron chi connectivity index (χ2n) is 8.61. The first-order valence-corrected chi connectivity index (χ1v) is 12.2. The van der Waals surface area contributed by atoms with Crippen molar-refractivity contribution in [3.63, 3.8) is 0 Å². The highest BCUT2D eigenvalue weighted by atomic mass is 16.5. The van der Waals surface area contributed by atoms with Crippen LogP contribution in [0.3, 0.4) is 0 Å². The predicted octanol–water partition coefficient (Wildman–Crippen LogP) is 3.19. The molecule has 4 rings (SSSR count). The predicted molar refractivity (Wildman–Crippen MR) is 149 cm³/mol. The van der Waals surface area contributed by atoms with E-state index in [2.05, 4.69) is 15.8 Å². The van der Waals surface area contributed by atoms with E-state index in [1.54, 1.807) is 98.4 Å². The van der Waals surface area contributed by atoms with Crippen molar-refractivity contribution >= 4 is 29.2 Å². The summed E-state index contributed by atoms with van der Waals surface area (Å²) in [5.41, 5.74) is 3.65. The Hall–Kier alpha value is -5.45. The van der Waals surface area contributed by atoms with Gasteiger partial charge in [0.1, 0.15) is 22.7 Å². The Morgan fingerprint density at radius 1 is 0.825 bits per heavy atom. The Morgan fingerprint density at radius 2 is 1.43 bits per heavy atom. The highest BCUT2D eigenvalue weighted by Gasteiger charge is 2.22. The number of aromatic nitrogens is 2.